The van der Waals surface area contributed by atoms with E-state index >= 15 is 0 Å². The van der Waals surface area contributed by atoms with Crippen molar-refractivity contribution in [3.8, 4) is 5.75 Å². The largest absolute Gasteiger partial charge is 0.494 e. The quantitative estimate of drug-likeness (QED) is 0.0894. The van der Waals surface area contributed by atoms with Crippen LogP contribution in [0.15, 0.2) is 24.3 Å². The summed E-state index contributed by atoms with van der Waals surface area (Å²) < 4.78 is 28.7. The summed E-state index contributed by atoms with van der Waals surface area (Å²) in [5.41, 5.74) is 1.02. The summed E-state index contributed by atoms with van der Waals surface area (Å²) in [5, 5.41) is 0. The molecule has 1 N–H and O–H groups in total. The van der Waals surface area contributed by atoms with Crippen LogP contribution in [0.3, 0.4) is 0 Å². The molecule has 0 aliphatic carbocycles. The van der Waals surface area contributed by atoms with Gasteiger partial charge in [-0.1, -0.05) is 90.2 Å². The molecule has 0 fully saturated rings. The lowest BCUT2D eigenvalue weighted by atomic mass is 9.94. The van der Waals surface area contributed by atoms with Crippen LogP contribution < -0.4 is 4.74 Å². The molecule has 0 bridgehead atoms. The minimum Gasteiger partial charge on any atom is -0.494 e. The highest BCUT2D eigenvalue weighted by Gasteiger charge is 2.24. The fraction of sp³-hybridized carbons (Fsp3) is 0.774. The predicted octanol–water partition coefficient (Wildman–Crippen LogP) is 7.99. The van der Waals surface area contributed by atoms with E-state index < -0.39 is 7.82 Å². The van der Waals surface area contributed by atoms with Crippen molar-refractivity contribution in [2.24, 2.45) is 5.92 Å². The smallest absolute Gasteiger partial charge is 0.472 e. The maximum atomic E-state index is 12.4. The number of carbonyl (C=O) groups is 1. The number of phosphoric acid groups is 1. The summed E-state index contributed by atoms with van der Waals surface area (Å²) in [5.74, 6) is 0.735. The Morgan fingerprint density at radius 2 is 1.54 bits per heavy atom. The van der Waals surface area contributed by atoms with Crippen molar-refractivity contribution in [1.29, 1.82) is 0 Å². The molecule has 0 spiro atoms. The third-order valence-corrected chi connectivity index (χ3v) is 7.74. The summed E-state index contributed by atoms with van der Waals surface area (Å²) in [6.07, 6.45) is 16.5. The Morgan fingerprint density at radius 1 is 0.897 bits per heavy atom. The fourth-order valence-corrected chi connectivity index (χ4v) is 5.31. The second-order valence-electron chi connectivity index (χ2n) is 11.0. The molecule has 0 aliphatic heterocycles. The Bertz CT molecular complexity index is 803. The highest BCUT2D eigenvalue weighted by atomic mass is 31.2. The van der Waals surface area contributed by atoms with Crippen LogP contribution in [0, 0.1) is 5.92 Å². The Labute approximate surface area is 238 Å². The predicted molar refractivity (Wildman–Crippen MR) is 160 cm³/mol. The zero-order chi connectivity index (χ0) is 28.8. The van der Waals surface area contributed by atoms with E-state index in [2.05, 4.69) is 6.92 Å². The summed E-state index contributed by atoms with van der Waals surface area (Å²) in [6.45, 7) is 5.52. The summed E-state index contributed by atoms with van der Waals surface area (Å²) >= 11 is 0. The van der Waals surface area contributed by atoms with Gasteiger partial charge in [-0.05, 0) is 57.0 Å². The van der Waals surface area contributed by atoms with E-state index in [4.69, 9.17) is 13.8 Å². The second-order valence-corrected chi connectivity index (χ2v) is 12.4. The van der Waals surface area contributed by atoms with Crippen LogP contribution in [0.25, 0.3) is 0 Å². The van der Waals surface area contributed by atoms with E-state index in [0.717, 1.165) is 24.2 Å². The Morgan fingerprint density at radius 3 is 2.15 bits per heavy atom. The number of Topliss-reactive ketones (excluding diaryl/α,β-unsaturated/α-hetero) is 1. The van der Waals surface area contributed by atoms with Gasteiger partial charge in [0.2, 0.25) is 0 Å². The van der Waals surface area contributed by atoms with Gasteiger partial charge in [-0.15, -0.1) is 0 Å². The molecule has 0 aliphatic rings. The number of ether oxygens (including phenoxy) is 1. The third kappa shape index (κ3) is 20.3. The van der Waals surface area contributed by atoms with Crippen molar-refractivity contribution in [3.63, 3.8) is 0 Å². The lowest BCUT2D eigenvalue weighted by Gasteiger charge is -2.20. The Balaban J connectivity index is 2.44. The molecule has 0 aromatic heterocycles. The van der Waals surface area contributed by atoms with E-state index in [-0.39, 0.29) is 24.9 Å². The second kappa shape index (κ2) is 22.4. The summed E-state index contributed by atoms with van der Waals surface area (Å²) in [4.78, 5) is 24.3. The molecule has 0 saturated carbocycles. The van der Waals surface area contributed by atoms with Crippen molar-refractivity contribution in [1.82, 2.24) is 4.90 Å². The molecule has 0 saturated heterocycles. The zero-order valence-electron chi connectivity index (χ0n) is 25.2. The number of nitrogens with zero attached hydrogens (tertiary/aromatic N) is 1. The molecule has 226 valence electrons. The minimum absolute atomic E-state index is 0.0188. The third-order valence-electron chi connectivity index (χ3n) is 6.75. The zero-order valence-corrected chi connectivity index (χ0v) is 26.1. The van der Waals surface area contributed by atoms with Gasteiger partial charge in [0.25, 0.3) is 0 Å². The average Bonchev–Trinajstić information content (AvgIpc) is 2.88. The molecule has 8 heteroatoms. The number of likely N-dealkylation sites (N-methyl/N-ethyl adjacent to an activating group) is 1. The summed E-state index contributed by atoms with van der Waals surface area (Å²) in [7, 11) is -0.458. The number of hydrogen-bond donors (Lipinski definition) is 1. The maximum Gasteiger partial charge on any atom is 0.472 e. The first-order valence-electron chi connectivity index (χ1n) is 15.3. The van der Waals surface area contributed by atoms with Crippen LogP contribution in [0.1, 0.15) is 109 Å². The van der Waals surface area contributed by atoms with Gasteiger partial charge in [-0.25, -0.2) is 4.57 Å². The first-order chi connectivity index (χ1) is 18.8. The number of unbranched alkanes of at least 4 members (excludes halogenated alkanes) is 10. The standard InChI is InChI=1S/C31H56NO6P/c1-5-7-8-9-10-11-12-13-14-15-16-22-36-31-20-17-19-28(26-31)24-29(25-30(33)18-6-2)27-38-39(34,35)37-23-21-32(3)4/h17,19-20,26,29H,5-16,18,21-25,27H2,1-4H3,(H,34,35). The van der Waals surface area contributed by atoms with Gasteiger partial charge in [0, 0.05) is 19.4 Å². The van der Waals surface area contributed by atoms with Crippen LogP contribution >= 0.6 is 7.82 Å². The number of carbonyl (C=O) groups excluding carboxylic acids is 1. The van der Waals surface area contributed by atoms with E-state index in [1.807, 2.05) is 50.2 Å². The van der Waals surface area contributed by atoms with Gasteiger partial charge in [0.1, 0.15) is 11.5 Å². The van der Waals surface area contributed by atoms with Crippen LogP contribution in [0.5, 0.6) is 5.75 Å². The molecular formula is C31H56NO6P. The first kappa shape index (κ1) is 35.8. The minimum atomic E-state index is -4.18. The topological polar surface area (TPSA) is 85.3 Å². The molecule has 1 aromatic carbocycles. The van der Waals surface area contributed by atoms with Gasteiger partial charge in [-0.3, -0.25) is 13.8 Å². The molecule has 7 nitrogen and oxygen atoms in total. The molecule has 0 amide bonds. The molecule has 1 rings (SSSR count). The highest BCUT2D eigenvalue weighted by molar-refractivity contribution is 7.47. The molecule has 2 atom stereocenters. The van der Waals surface area contributed by atoms with Crippen molar-refractivity contribution in [3.05, 3.63) is 29.8 Å². The lowest BCUT2D eigenvalue weighted by Crippen LogP contribution is -2.19. The van der Waals surface area contributed by atoms with E-state index in [0.29, 0.717) is 32.4 Å². The van der Waals surface area contributed by atoms with Crippen LogP contribution in [0.2, 0.25) is 0 Å². The lowest BCUT2D eigenvalue weighted by molar-refractivity contribution is -0.120. The van der Waals surface area contributed by atoms with Gasteiger partial charge in [-0.2, -0.15) is 0 Å². The molecule has 0 radical (unpaired) electrons. The number of phosphoric ester groups is 1. The van der Waals surface area contributed by atoms with Gasteiger partial charge in [0.05, 0.1) is 19.8 Å². The molecule has 39 heavy (non-hydrogen) atoms. The Kier molecular flexibility index (Phi) is 20.6. The van der Waals surface area contributed by atoms with Gasteiger partial charge < -0.3 is 14.5 Å². The van der Waals surface area contributed by atoms with Gasteiger partial charge in [0.15, 0.2) is 0 Å². The van der Waals surface area contributed by atoms with E-state index in [1.54, 1.807) is 0 Å². The number of ketones is 1. The van der Waals surface area contributed by atoms with Crippen molar-refractivity contribution >= 4 is 13.6 Å². The van der Waals surface area contributed by atoms with Crippen LogP contribution in [0.4, 0.5) is 0 Å². The highest BCUT2D eigenvalue weighted by Crippen LogP contribution is 2.43. The van der Waals surface area contributed by atoms with Crippen LogP contribution in [-0.2, 0) is 24.8 Å². The van der Waals surface area contributed by atoms with E-state index in [1.165, 1.54) is 64.2 Å². The molecule has 0 heterocycles. The normalized spacial score (nSPS) is 13.9. The fourth-order valence-electron chi connectivity index (χ4n) is 4.52. The number of hydrogen-bond acceptors (Lipinski definition) is 6. The monoisotopic (exact) mass is 569 g/mol. The SMILES string of the molecule is CCCCCCCCCCCCCOc1cccc(CC(COP(=O)(O)OCCN(C)C)CC(=O)CCC)c1. The summed E-state index contributed by atoms with van der Waals surface area (Å²) in [6, 6.07) is 7.91. The van der Waals surface area contributed by atoms with Crippen molar-refractivity contribution < 1.29 is 28.0 Å². The Hall–Kier alpha value is -1.24. The number of benzene rings is 1. The first-order valence-corrected chi connectivity index (χ1v) is 16.7. The number of rotatable bonds is 26. The van der Waals surface area contributed by atoms with Crippen molar-refractivity contribution in [2.75, 3.05) is 40.5 Å². The van der Waals surface area contributed by atoms with Crippen molar-refractivity contribution in [2.45, 2.75) is 110 Å². The maximum absolute atomic E-state index is 12.4. The molecule has 1 aromatic rings. The molecular weight excluding hydrogens is 513 g/mol. The average molecular weight is 570 g/mol. The van der Waals surface area contributed by atoms with Gasteiger partial charge >= 0.3 is 7.82 Å². The van der Waals surface area contributed by atoms with E-state index in [9.17, 15) is 14.3 Å². The molecule has 2 unspecified atom stereocenters. The van der Waals surface area contributed by atoms with Crippen LogP contribution in [-0.4, -0.2) is 56.0 Å².